The molecule has 1 aromatic carbocycles. The molecule has 1 atom stereocenters. The van der Waals surface area contributed by atoms with E-state index in [1.807, 2.05) is 0 Å². The van der Waals surface area contributed by atoms with Crippen molar-refractivity contribution in [3.8, 4) is 0 Å². The predicted octanol–water partition coefficient (Wildman–Crippen LogP) is 1.13. The fraction of sp³-hybridized carbons (Fsp3) is 0.368. The summed E-state index contributed by atoms with van der Waals surface area (Å²) in [7, 11) is -3.96. The normalized spacial score (nSPS) is 16.9. The summed E-state index contributed by atoms with van der Waals surface area (Å²) < 4.78 is 50.0. The Balaban J connectivity index is 1.71. The van der Waals surface area contributed by atoms with E-state index in [0.29, 0.717) is 5.56 Å². The van der Waals surface area contributed by atoms with E-state index < -0.39 is 33.8 Å². The van der Waals surface area contributed by atoms with Crippen LogP contribution in [0.5, 0.6) is 0 Å². The van der Waals surface area contributed by atoms with Crippen LogP contribution in [0.4, 0.5) is 4.39 Å². The Bertz CT molecular complexity index is 1010. The third-order valence-corrected chi connectivity index (χ3v) is 6.52. The number of benzene rings is 1. The van der Waals surface area contributed by atoms with Crippen LogP contribution in [0.25, 0.3) is 0 Å². The number of piperazine rings is 1. The van der Waals surface area contributed by atoms with Crippen LogP contribution in [0.1, 0.15) is 29.1 Å². The third-order valence-electron chi connectivity index (χ3n) is 4.75. The Kier molecular flexibility index (Phi) is 6.54. The summed E-state index contributed by atoms with van der Waals surface area (Å²) in [6.45, 7) is 2.40. The Labute approximate surface area is 173 Å². The maximum atomic E-state index is 13.2. The molecule has 0 spiro atoms. The minimum atomic E-state index is -3.96. The van der Waals surface area contributed by atoms with Crippen LogP contribution in [0.15, 0.2) is 45.9 Å². The number of hydrogen-bond acceptors (Lipinski definition) is 7. The molecule has 0 bridgehead atoms. The van der Waals surface area contributed by atoms with E-state index in [4.69, 9.17) is 14.9 Å². The van der Waals surface area contributed by atoms with Gasteiger partial charge < -0.3 is 14.9 Å². The lowest BCUT2D eigenvalue weighted by atomic mass is 10.0. The first kappa shape index (κ1) is 21.9. The van der Waals surface area contributed by atoms with Crippen LogP contribution in [0.2, 0.25) is 0 Å². The molecule has 9 nitrogen and oxygen atoms in total. The van der Waals surface area contributed by atoms with Gasteiger partial charge in [0.25, 0.3) is 10.0 Å². The van der Waals surface area contributed by atoms with Crippen molar-refractivity contribution in [2.45, 2.75) is 18.1 Å². The fourth-order valence-electron chi connectivity index (χ4n) is 3.30. The van der Waals surface area contributed by atoms with Crippen molar-refractivity contribution >= 4 is 21.9 Å². The van der Waals surface area contributed by atoms with Gasteiger partial charge in [-0.2, -0.15) is 4.31 Å². The second-order valence-corrected chi connectivity index (χ2v) is 8.50. The molecule has 2 N–H and O–H groups in total. The maximum absolute atomic E-state index is 13.2. The van der Waals surface area contributed by atoms with E-state index in [1.54, 1.807) is 11.8 Å². The van der Waals surface area contributed by atoms with E-state index in [9.17, 15) is 22.4 Å². The lowest BCUT2D eigenvalue weighted by molar-refractivity contribution is -0.124. The summed E-state index contributed by atoms with van der Waals surface area (Å²) in [6, 6.07) is 7.10. The zero-order valence-electron chi connectivity index (χ0n) is 16.3. The van der Waals surface area contributed by atoms with E-state index >= 15 is 0 Å². The summed E-state index contributed by atoms with van der Waals surface area (Å²) in [5.41, 5.74) is 6.07. The first-order chi connectivity index (χ1) is 14.2. The van der Waals surface area contributed by atoms with Gasteiger partial charge in [-0.15, -0.1) is 0 Å². The lowest BCUT2D eigenvalue weighted by Gasteiger charge is -2.37. The maximum Gasteiger partial charge on any atom is 0.374 e. The Hall–Kier alpha value is -2.76. The average molecular weight is 439 g/mol. The molecule has 3 rings (SSSR count). The minimum Gasteiger partial charge on any atom is -0.460 e. The van der Waals surface area contributed by atoms with Gasteiger partial charge in [0.15, 0.2) is 0 Å². The Morgan fingerprint density at radius 1 is 1.13 bits per heavy atom. The van der Waals surface area contributed by atoms with Crippen molar-refractivity contribution < 1.29 is 31.6 Å². The molecule has 1 saturated heterocycles. The molecule has 2 aromatic rings. The SMILES string of the molecule is CCOC(=O)c1ccc(S(=O)(=O)N2CCN(C(C(N)=O)c3ccc(F)cc3)CC2)o1. The van der Waals surface area contributed by atoms with Crippen molar-refractivity contribution in [3.63, 3.8) is 0 Å². The summed E-state index contributed by atoms with van der Waals surface area (Å²) in [6.07, 6.45) is 0. The second-order valence-electron chi connectivity index (χ2n) is 6.64. The molecule has 30 heavy (non-hydrogen) atoms. The monoisotopic (exact) mass is 439 g/mol. The van der Waals surface area contributed by atoms with Crippen LogP contribution in [0, 0.1) is 5.82 Å². The number of nitrogens with zero attached hydrogens (tertiary/aromatic N) is 2. The Morgan fingerprint density at radius 2 is 1.77 bits per heavy atom. The highest BCUT2D eigenvalue weighted by atomic mass is 32.2. The molecule has 1 aliphatic rings. The fourth-order valence-corrected chi connectivity index (χ4v) is 4.63. The van der Waals surface area contributed by atoms with Crippen molar-refractivity contribution in [2.75, 3.05) is 32.8 Å². The molecule has 0 aliphatic carbocycles. The molecule has 0 radical (unpaired) electrons. The zero-order chi connectivity index (χ0) is 21.9. The van der Waals surface area contributed by atoms with Crippen molar-refractivity contribution in [1.82, 2.24) is 9.21 Å². The molecule has 1 unspecified atom stereocenters. The smallest absolute Gasteiger partial charge is 0.374 e. The summed E-state index contributed by atoms with van der Waals surface area (Å²) in [4.78, 5) is 25.4. The minimum absolute atomic E-state index is 0.0861. The van der Waals surface area contributed by atoms with Gasteiger partial charge in [0.05, 0.1) is 6.61 Å². The largest absolute Gasteiger partial charge is 0.460 e. The van der Waals surface area contributed by atoms with Crippen LogP contribution in [-0.4, -0.2) is 62.3 Å². The molecule has 162 valence electrons. The first-order valence-electron chi connectivity index (χ1n) is 9.30. The van der Waals surface area contributed by atoms with Gasteiger partial charge in [-0.1, -0.05) is 12.1 Å². The lowest BCUT2D eigenvalue weighted by Crippen LogP contribution is -2.51. The Morgan fingerprint density at radius 3 is 2.33 bits per heavy atom. The number of carbonyl (C=O) groups excluding carboxylic acids is 2. The van der Waals surface area contributed by atoms with E-state index in [1.165, 1.54) is 40.7 Å². The van der Waals surface area contributed by atoms with E-state index in [0.717, 1.165) is 0 Å². The number of amides is 1. The average Bonchev–Trinajstić information content (AvgIpc) is 3.21. The van der Waals surface area contributed by atoms with Crippen LogP contribution in [-0.2, 0) is 19.6 Å². The van der Waals surface area contributed by atoms with Gasteiger partial charge in [-0.25, -0.2) is 17.6 Å². The first-order valence-corrected chi connectivity index (χ1v) is 10.7. The summed E-state index contributed by atoms with van der Waals surface area (Å²) in [5.74, 6) is -1.98. The van der Waals surface area contributed by atoms with Gasteiger partial charge in [0, 0.05) is 26.2 Å². The van der Waals surface area contributed by atoms with Gasteiger partial charge in [0.1, 0.15) is 11.9 Å². The van der Waals surface area contributed by atoms with Gasteiger partial charge in [-0.3, -0.25) is 9.69 Å². The van der Waals surface area contributed by atoms with Crippen molar-refractivity contribution in [1.29, 1.82) is 0 Å². The van der Waals surface area contributed by atoms with Crippen molar-refractivity contribution in [3.05, 3.63) is 53.5 Å². The van der Waals surface area contributed by atoms with Gasteiger partial charge in [-0.05, 0) is 36.8 Å². The highest BCUT2D eigenvalue weighted by Gasteiger charge is 2.35. The standard InChI is InChI=1S/C19H22FN3O6S/c1-2-28-19(25)15-7-8-16(29-15)30(26,27)23-11-9-22(10-12-23)17(18(21)24)13-3-5-14(20)6-4-13/h3-8,17H,2,9-12H2,1H3,(H2,21,24). The second kappa shape index (κ2) is 8.94. The predicted molar refractivity (Wildman–Crippen MR) is 103 cm³/mol. The molecule has 1 aromatic heterocycles. The van der Waals surface area contributed by atoms with Crippen LogP contribution in [0.3, 0.4) is 0 Å². The number of sulfonamides is 1. The number of carbonyl (C=O) groups is 2. The van der Waals surface area contributed by atoms with Gasteiger partial charge in [0.2, 0.25) is 16.8 Å². The number of primary amides is 1. The number of furan rings is 1. The molecule has 1 amide bonds. The molecular weight excluding hydrogens is 417 g/mol. The number of ether oxygens (including phenoxy) is 1. The highest BCUT2D eigenvalue weighted by molar-refractivity contribution is 7.89. The molecule has 11 heteroatoms. The third kappa shape index (κ3) is 4.53. The van der Waals surface area contributed by atoms with E-state index in [-0.39, 0.29) is 43.6 Å². The number of halogens is 1. The molecular formula is C19H22FN3O6S. The number of esters is 1. The van der Waals surface area contributed by atoms with Gasteiger partial charge >= 0.3 is 5.97 Å². The topological polar surface area (TPSA) is 123 Å². The van der Waals surface area contributed by atoms with Crippen molar-refractivity contribution in [2.24, 2.45) is 5.73 Å². The summed E-state index contributed by atoms with van der Waals surface area (Å²) in [5, 5.41) is -0.357. The number of hydrogen-bond donors (Lipinski definition) is 1. The summed E-state index contributed by atoms with van der Waals surface area (Å²) >= 11 is 0. The van der Waals surface area contributed by atoms with Crippen LogP contribution >= 0.6 is 0 Å². The quantitative estimate of drug-likeness (QED) is 0.642. The molecule has 2 heterocycles. The highest BCUT2D eigenvalue weighted by Crippen LogP contribution is 2.25. The molecule has 1 aliphatic heterocycles. The number of nitrogens with two attached hydrogens (primary N) is 1. The number of rotatable bonds is 7. The zero-order valence-corrected chi connectivity index (χ0v) is 17.1. The van der Waals surface area contributed by atoms with E-state index in [2.05, 4.69) is 0 Å². The molecule has 0 saturated carbocycles. The molecule has 1 fully saturated rings. The van der Waals surface area contributed by atoms with Crippen LogP contribution < -0.4 is 5.73 Å².